The van der Waals surface area contributed by atoms with Gasteiger partial charge in [-0.05, 0) is 13.0 Å². The largest absolute Gasteiger partial charge is 0.390 e. The van der Waals surface area contributed by atoms with Crippen molar-refractivity contribution in [3.05, 3.63) is 0 Å². The second-order valence-electron chi connectivity index (χ2n) is 2.08. The van der Waals surface area contributed by atoms with Crippen LogP contribution in [0.3, 0.4) is 0 Å². The van der Waals surface area contributed by atoms with Gasteiger partial charge in [-0.25, -0.2) is 0 Å². The highest BCUT2D eigenvalue weighted by Gasteiger charge is 2.19. The molecule has 0 aliphatic carbocycles. The normalized spacial score (nSPS) is 39.8. The van der Waals surface area contributed by atoms with Gasteiger partial charge in [-0.15, -0.1) is 11.6 Å². The van der Waals surface area contributed by atoms with Crippen LogP contribution in [0.4, 0.5) is 0 Å². The molecule has 2 N–H and O–H groups in total. The summed E-state index contributed by atoms with van der Waals surface area (Å²) in [5, 5.41) is 12.0. The molecule has 0 unspecified atom stereocenters. The van der Waals surface area contributed by atoms with Gasteiger partial charge in [0.05, 0.1) is 11.5 Å². The van der Waals surface area contributed by atoms with Crippen LogP contribution >= 0.6 is 11.6 Å². The lowest BCUT2D eigenvalue weighted by atomic mass is 10.1. The molecule has 1 aliphatic rings. The fourth-order valence-corrected chi connectivity index (χ4v) is 1.01. The minimum atomic E-state index is -0.342. The van der Waals surface area contributed by atoms with Crippen molar-refractivity contribution >= 4 is 11.6 Å². The molecule has 0 amide bonds. The molecule has 0 saturated carbocycles. The fraction of sp³-hybridized carbons (Fsp3) is 1.00. The van der Waals surface area contributed by atoms with E-state index in [0.29, 0.717) is 6.54 Å². The number of hydrogen-bond acceptors (Lipinski definition) is 2. The molecule has 8 heavy (non-hydrogen) atoms. The Morgan fingerprint density at radius 2 is 2.38 bits per heavy atom. The molecule has 0 aromatic carbocycles. The van der Waals surface area contributed by atoms with Crippen LogP contribution in [0.2, 0.25) is 0 Å². The third kappa shape index (κ3) is 1.34. The highest BCUT2D eigenvalue weighted by molar-refractivity contribution is 6.21. The van der Waals surface area contributed by atoms with Crippen molar-refractivity contribution in [3.8, 4) is 0 Å². The van der Waals surface area contributed by atoms with Gasteiger partial charge >= 0.3 is 0 Å². The van der Waals surface area contributed by atoms with Crippen molar-refractivity contribution in [2.24, 2.45) is 0 Å². The number of β-amino-alcohol motifs (C(OH)–C–C–N with tert-alkyl or cyclic N) is 1. The second-order valence-corrected chi connectivity index (χ2v) is 2.64. The lowest BCUT2D eigenvalue weighted by Crippen LogP contribution is -2.41. The zero-order valence-corrected chi connectivity index (χ0v) is 5.36. The van der Waals surface area contributed by atoms with Crippen LogP contribution in [-0.4, -0.2) is 29.7 Å². The third-order valence-electron chi connectivity index (χ3n) is 1.37. The van der Waals surface area contributed by atoms with E-state index in [1.807, 2.05) is 0 Å². The first-order valence-electron chi connectivity index (χ1n) is 2.83. The summed E-state index contributed by atoms with van der Waals surface area (Å²) in [7, 11) is 0. The van der Waals surface area contributed by atoms with Crippen LogP contribution in [0.15, 0.2) is 0 Å². The van der Waals surface area contributed by atoms with E-state index in [9.17, 15) is 0 Å². The summed E-state index contributed by atoms with van der Waals surface area (Å²) >= 11 is 5.68. The van der Waals surface area contributed by atoms with Gasteiger partial charge in [0.1, 0.15) is 0 Å². The molecule has 1 saturated heterocycles. The Morgan fingerprint density at radius 1 is 1.62 bits per heavy atom. The fourth-order valence-electron chi connectivity index (χ4n) is 0.810. The molecule has 1 aliphatic heterocycles. The van der Waals surface area contributed by atoms with E-state index in [-0.39, 0.29) is 11.5 Å². The van der Waals surface area contributed by atoms with E-state index in [4.69, 9.17) is 16.7 Å². The van der Waals surface area contributed by atoms with E-state index in [2.05, 4.69) is 5.32 Å². The van der Waals surface area contributed by atoms with E-state index >= 15 is 0 Å². The van der Waals surface area contributed by atoms with Gasteiger partial charge in [0, 0.05) is 6.54 Å². The Kier molecular flexibility index (Phi) is 2.11. The Bertz CT molecular complexity index is 68.8. The predicted octanol–water partition coefficient (Wildman–Crippen LogP) is -0.0520. The van der Waals surface area contributed by atoms with E-state index in [0.717, 1.165) is 13.0 Å². The lowest BCUT2D eigenvalue weighted by Gasteiger charge is -2.22. The molecule has 2 nitrogen and oxygen atoms in total. The predicted molar refractivity (Wildman–Crippen MR) is 33.1 cm³/mol. The SMILES string of the molecule is O[C@H]1CNCC[C@@H]1Cl. The summed E-state index contributed by atoms with van der Waals surface area (Å²) in [6.45, 7) is 1.58. The monoisotopic (exact) mass is 135 g/mol. The van der Waals surface area contributed by atoms with Gasteiger partial charge in [0.25, 0.3) is 0 Å². The molecule has 0 aromatic heterocycles. The van der Waals surface area contributed by atoms with E-state index in [1.165, 1.54) is 0 Å². The summed E-state index contributed by atoms with van der Waals surface area (Å²) in [5.41, 5.74) is 0. The van der Waals surface area contributed by atoms with Crippen LogP contribution in [0.5, 0.6) is 0 Å². The number of nitrogens with one attached hydrogen (secondary N) is 1. The van der Waals surface area contributed by atoms with Crippen molar-refractivity contribution in [1.29, 1.82) is 0 Å². The third-order valence-corrected chi connectivity index (χ3v) is 1.88. The maximum absolute atomic E-state index is 8.98. The number of aliphatic hydroxyl groups excluding tert-OH is 1. The van der Waals surface area contributed by atoms with Crippen molar-refractivity contribution in [2.75, 3.05) is 13.1 Å². The number of piperidine rings is 1. The number of aliphatic hydroxyl groups is 1. The summed E-state index contributed by atoms with van der Waals surface area (Å²) in [4.78, 5) is 0. The van der Waals surface area contributed by atoms with Gasteiger partial charge in [-0.3, -0.25) is 0 Å². The van der Waals surface area contributed by atoms with Gasteiger partial charge in [0.2, 0.25) is 0 Å². The average molecular weight is 136 g/mol. The number of alkyl halides is 1. The Morgan fingerprint density at radius 3 is 2.75 bits per heavy atom. The molecule has 0 spiro atoms. The van der Waals surface area contributed by atoms with E-state index < -0.39 is 0 Å². The molecule has 48 valence electrons. The topological polar surface area (TPSA) is 32.3 Å². The number of hydrogen-bond donors (Lipinski definition) is 2. The van der Waals surface area contributed by atoms with Crippen LogP contribution < -0.4 is 5.32 Å². The highest BCUT2D eigenvalue weighted by Crippen LogP contribution is 2.09. The second kappa shape index (κ2) is 2.67. The molecule has 1 rings (SSSR count). The number of halogens is 1. The van der Waals surface area contributed by atoms with Crippen LogP contribution in [0.1, 0.15) is 6.42 Å². The maximum atomic E-state index is 8.98. The average Bonchev–Trinajstić information content (AvgIpc) is 1.77. The Balaban J connectivity index is 2.28. The first kappa shape index (κ1) is 6.33. The summed E-state index contributed by atoms with van der Waals surface area (Å²) in [5.74, 6) is 0. The zero-order chi connectivity index (χ0) is 5.98. The van der Waals surface area contributed by atoms with Crippen LogP contribution in [0, 0.1) is 0 Å². The van der Waals surface area contributed by atoms with Gasteiger partial charge in [0.15, 0.2) is 0 Å². The Hall–Kier alpha value is 0.210. The zero-order valence-electron chi connectivity index (χ0n) is 4.60. The van der Waals surface area contributed by atoms with Crippen molar-refractivity contribution in [3.63, 3.8) is 0 Å². The minimum Gasteiger partial charge on any atom is -0.390 e. The molecular weight excluding hydrogens is 126 g/mol. The standard InChI is InChI=1S/C5H10ClNO/c6-4-1-2-7-3-5(4)8/h4-5,7-8H,1-3H2/t4-,5-/m0/s1. The summed E-state index contributed by atoms with van der Waals surface area (Å²) in [6.07, 6.45) is 0.535. The Labute approximate surface area is 53.8 Å². The molecular formula is C5H10ClNO. The molecule has 0 aromatic rings. The molecule has 3 heteroatoms. The van der Waals surface area contributed by atoms with E-state index in [1.54, 1.807) is 0 Å². The van der Waals surface area contributed by atoms with Crippen molar-refractivity contribution in [1.82, 2.24) is 5.32 Å². The first-order chi connectivity index (χ1) is 3.80. The molecule has 1 heterocycles. The minimum absolute atomic E-state index is 0.0312. The van der Waals surface area contributed by atoms with Crippen molar-refractivity contribution < 1.29 is 5.11 Å². The molecule has 2 atom stereocenters. The number of rotatable bonds is 0. The first-order valence-corrected chi connectivity index (χ1v) is 3.27. The van der Waals surface area contributed by atoms with Gasteiger partial charge in [-0.1, -0.05) is 0 Å². The van der Waals surface area contributed by atoms with Crippen molar-refractivity contribution in [2.45, 2.75) is 17.9 Å². The maximum Gasteiger partial charge on any atom is 0.0828 e. The summed E-state index contributed by atoms with van der Waals surface area (Å²) < 4.78 is 0. The summed E-state index contributed by atoms with van der Waals surface area (Å²) in [6, 6.07) is 0. The quantitative estimate of drug-likeness (QED) is 0.457. The molecule has 1 fully saturated rings. The van der Waals surface area contributed by atoms with Crippen LogP contribution in [-0.2, 0) is 0 Å². The van der Waals surface area contributed by atoms with Crippen LogP contribution in [0.25, 0.3) is 0 Å². The lowest BCUT2D eigenvalue weighted by molar-refractivity contribution is 0.146. The smallest absolute Gasteiger partial charge is 0.0828 e. The van der Waals surface area contributed by atoms with Gasteiger partial charge in [-0.2, -0.15) is 0 Å². The molecule has 0 radical (unpaired) electrons. The van der Waals surface area contributed by atoms with Gasteiger partial charge < -0.3 is 10.4 Å². The molecule has 0 bridgehead atoms. The highest BCUT2D eigenvalue weighted by atomic mass is 35.5.